The van der Waals surface area contributed by atoms with Gasteiger partial charge in [-0.25, -0.2) is 0 Å². The van der Waals surface area contributed by atoms with Crippen LogP contribution in [0.25, 0.3) is 0 Å². The number of halogens is 3. The number of alkyl halides is 3. The molecule has 1 aliphatic heterocycles. The number of rotatable bonds is 5. The second-order valence-electron chi connectivity index (χ2n) is 4.78. The fraction of sp³-hybridized carbons (Fsp3) is 0.500. The predicted molar refractivity (Wildman–Crippen MR) is 88.1 cm³/mol. The summed E-state index contributed by atoms with van der Waals surface area (Å²) in [5, 5.41) is 2.50. The van der Waals surface area contributed by atoms with E-state index in [0.717, 1.165) is 38.6 Å². The van der Waals surface area contributed by atoms with Crippen molar-refractivity contribution in [3.63, 3.8) is 0 Å². The minimum absolute atomic E-state index is 0.539. The molecule has 0 aliphatic carbocycles. The predicted octanol–water partition coefficient (Wildman–Crippen LogP) is 2.71. The van der Waals surface area contributed by atoms with Gasteiger partial charge in [-0.2, -0.15) is 0 Å². The van der Waals surface area contributed by atoms with Crippen molar-refractivity contribution >= 4 is 46.4 Å². The number of benzene rings is 1. The Hall–Kier alpha value is -0.720. The fourth-order valence-electron chi connectivity index (χ4n) is 1.95. The van der Waals surface area contributed by atoms with E-state index >= 15 is 0 Å². The molecule has 1 aromatic rings. The molecule has 5 nitrogen and oxygen atoms in total. The summed E-state index contributed by atoms with van der Waals surface area (Å²) in [6, 6.07) is 6.90. The molecule has 0 unspecified atom stereocenters. The van der Waals surface area contributed by atoms with E-state index in [1.54, 1.807) is 24.3 Å². The molecular formula is C14H17Cl3N2O3. The Morgan fingerprint density at radius 1 is 1.23 bits per heavy atom. The average Bonchev–Trinajstić information content (AvgIpc) is 2.49. The van der Waals surface area contributed by atoms with Crippen LogP contribution in [0.2, 0.25) is 0 Å². The Balaban J connectivity index is 1.75. The molecule has 1 fully saturated rings. The second-order valence-corrected chi connectivity index (χ2v) is 7.06. The van der Waals surface area contributed by atoms with Crippen LogP contribution in [-0.4, -0.2) is 54.1 Å². The van der Waals surface area contributed by atoms with Gasteiger partial charge in [0.2, 0.25) is 0 Å². The lowest BCUT2D eigenvalue weighted by molar-refractivity contribution is -0.115. The van der Waals surface area contributed by atoms with Crippen LogP contribution in [0, 0.1) is 0 Å². The number of hydrogen-bond acceptors (Lipinski definition) is 4. The zero-order valence-corrected chi connectivity index (χ0v) is 14.1. The number of amides is 1. The van der Waals surface area contributed by atoms with Gasteiger partial charge in [-0.05, 0) is 24.3 Å². The van der Waals surface area contributed by atoms with Crippen LogP contribution < -0.4 is 10.1 Å². The number of nitrogens with one attached hydrogen (secondary N) is 1. The third kappa shape index (κ3) is 5.82. The lowest BCUT2D eigenvalue weighted by atomic mass is 10.3. The van der Waals surface area contributed by atoms with Gasteiger partial charge in [0, 0.05) is 25.3 Å². The van der Waals surface area contributed by atoms with Gasteiger partial charge in [-0.3, -0.25) is 9.69 Å². The maximum atomic E-state index is 11.5. The van der Waals surface area contributed by atoms with Gasteiger partial charge >= 0.3 is 0 Å². The molecule has 0 saturated carbocycles. The molecule has 0 spiro atoms. The van der Waals surface area contributed by atoms with Crippen LogP contribution in [0.5, 0.6) is 5.75 Å². The van der Waals surface area contributed by atoms with E-state index in [1.165, 1.54) is 0 Å². The normalized spacial score (nSPS) is 16.3. The maximum Gasteiger partial charge on any atom is 0.276 e. The Bertz CT molecular complexity index is 485. The summed E-state index contributed by atoms with van der Waals surface area (Å²) in [6.45, 7) is 4.88. The van der Waals surface area contributed by atoms with E-state index < -0.39 is 9.70 Å². The monoisotopic (exact) mass is 366 g/mol. The molecule has 0 atom stereocenters. The molecule has 1 heterocycles. The minimum atomic E-state index is -1.98. The first-order valence-corrected chi connectivity index (χ1v) is 8.00. The van der Waals surface area contributed by atoms with Crippen molar-refractivity contribution in [3.8, 4) is 5.75 Å². The first-order chi connectivity index (χ1) is 10.4. The quantitative estimate of drug-likeness (QED) is 0.813. The van der Waals surface area contributed by atoms with Gasteiger partial charge in [-0.15, -0.1) is 0 Å². The molecule has 1 aliphatic rings. The third-order valence-corrected chi connectivity index (χ3v) is 3.66. The van der Waals surface area contributed by atoms with Crippen molar-refractivity contribution in [1.82, 2.24) is 4.90 Å². The molecule has 1 aromatic carbocycles. The molecule has 0 aromatic heterocycles. The van der Waals surface area contributed by atoms with E-state index in [0.29, 0.717) is 12.3 Å². The highest BCUT2D eigenvalue weighted by Gasteiger charge is 2.30. The molecule has 2 rings (SSSR count). The fourth-order valence-corrected chi connectivity index (χ4v) is 2.10. The highest BCUT2D eigenvalue weighted by molar-refractivity contribution is 6.76. The molecule has 8 heteroatoms. The summed E-state index contributed by atoms with van der Waals surface area (Å²) in [5.74, 6) is 0.0265. The van der Waals surface area contributed by atoms with Crippen molar-refractivity contribution in [3.05, 3.63) is 24.3 Å². The van der Waals surface area contributed by atoms with E-state index in [9.17, 15) is 4.79 Å². The van der Waals surface area contributed by atoms with Crippen LogP contribution in [0.1, 0.15) is 0 Å². The first kappa shape index (κ1) is 17.6. The highest BCUT2D eigenvalue weighted by Crippen LogP contribution is 2.28. The smallest absolute Gasteiger partial charge is 0.276 e. The largest absolute Gasteiger partial charge is 0.492 e. The maximum absolute atomic E-state index is 11.5. The van der Waals surface area contributed by atoms with Crippen molar-refractivity contribution in [2.75, 3.05) is 44.8 Å². The summed E-state index contributed by atoms with van der Waals surface area (Å²) < 4.78 is 8.97. The zero-order valence-electron chi connectivity index (χ0n) is 11.9. The lowest BCUT2D eigenvalue weighted by Gasteiger charge is -2.26. The number of morpholine rings is 1. The first-order valence-electron chi connectivity index (χ1n) is 6.86. The van der Waals surface area contributed by atoms with Gasteiger partial charge < -0.3 is 14.8 Å². The van der Waals surface area contributed by atoms with Crippen LogP contribution in [-0.2, 0) is 9.53 Å². The summed E-state index contributed by atoms with van der Waals surface area (Å²) in [7, 11) is 0. The number of hydrogen-bond donors (Lipinski definition) is 1. The van der Waals surface area contributed by atoms with Gasteiger partial charge in [0.15, 0.2) is 0 Å². The highest BCUT2D eigenvalue weighted by atomic mass is 35.6. The topological polar surface area (TPSA) is 50.8 Å². The van der Waals surface area contributed by atoms with E-state index in [2.05, 4.69) is 10.2 Å². The molecular weight excluding hydrogens is 351 g/mol. The molecule has 0 bridgehead atoms. The van der Waals surface area contributed by atoms with Crippen LogP contribution >= 0.6 is 34.8 Å². The summed E-state index contributed by atoms with van der Waals surface area (Å²) in [5.41, 5.74) is 0.539. The Kier molecular flexibility index (Phi) is 6.59. The molecule has 1 saturated heterocycles. The number of ether oxygens (including phenoxy) is 2. The minimum Gasteiger partial charge on any atom is -0.492 e. The summed E-state index contributed by atoms with van der Waals surface area (Å²) in [6.07, 6.45) is 0. The van der Waals surface area contributed by atoms with Gasteiger partial charge in [0.05, 0.1) is 13.2 Å². The standard InChI is InChI=1S/C14H17Cl3N2O3/c15-14(16,17)13(20)18-11-1-3-12(4-2-11)22-10-7-19-5-8-21-9-6-19/h1-4H,5-10H2,(H,18,20). The van der Waals surface area contributed by atoms with Gasteiger partial charge in [0.25, 0.3) is 9.70 Å². The molecule has 1 N–H and O–H groups in total. The van der Waals surface area contributed by atoms with E-state index in [1.807, 2.05) is 0 Å². The van der Waals surface area contributed by atoms with Crippen molar-refractivity contribution in [2.24, 2.45) is 0 Å². The average molecular weight is 368 g/mol. The van der Waals surface area contributed by atoms with Crippen molar-refractivity contribution in [1.29, 1.82) is 0 Å². The van der Waals surface area contributed by atoms with E-state index in [-0.39, 0.29) is 0 Å². The van der Waals surface area contributed by atoms with Gasteiger partial charge in [0.1, 0.15) is 12.4 Å². The summed E-state index contributed by atoms with van der Waals surface area (Å²) >= 11 is 16.5. The Morgan fingerprint density at radius 3 is 2.45 bits per heavy atom. The van der Waals surface area contributed by atoms with Crippen molar-refractivity contribution < 1.29 is 14.3 Å². The number of nitrogens with zero attached hydrogens (tertiary/aromatic N) is 1. The zero-order chi connectivity index (χ0) is 16.0. The lowest BCUT2D eigenvalue weighted by Crippen LogP contribution is -2.38. The third-order valence-electron chi connectivity index (χ3n) is 3.15. The summed E-state index contributed by atoms with van der Waals surface area (Å²) in [4.78, 5) is 13.8. The molecule has 0 radical (unpaired) electrons. The molecule has 22 heavy (non-hydrogen) atoms. The molecule has 122 valence electrons. The Labute approximate surface area is 144 Å². The van der Waals surface area contributed by atoms with Crippen LogP contribution in [0.3, 0.4) is 0 Å². The SMILES string of the molecule is O=C(Nc1ccc(OCCN2CCOCC2)cc1)C(Cl)(Cl)Cl. The van der Waals surface area contributed by atoms with Crippen LogP contribution in [0.4, 0.5) is 5.69 Å². The Morgan fingerprint density at radius 2 is 1.86 bits per heavy atom. The molecule has 1 amide bonds. The second kappa shape index (κ2) is 8.22. The number of carbonyl (C=O) groups is 1. The van der Waals surface area contributed by atoms with Crippen molar-refractivity contribution in [2.45, 2.75) is 3.79 Å². The number of carbonyl (C=O) groups excluding carboxylic acids is 1. The van der Waals surface area contributed by atoms with Gasteiger partial charge in [-0.1, -0.05) is 34.8 Å². The van der Waals surface area contributed by atoms with E-state index in [4.69, 9.17) is 44.3 Å². The number of anilines is 1. The van der Waals surface area contributed by atoms with Crippen LogP contribution in [0.15, 0.2) is 24.3 Å².